The summed E-state index contributed by atoms with van der Waals surface area (Å²) in [7, 11) is 0. The Labute approximate surface area is 102 Å². The lowest BCUT2D eigenvalue weighted by Crippen LogP contribution is -2.07. The summed E-state index contributed by atoms with van der Waals surface area (Å²) >= 11 is 1.09. The van der Waals surface area contributed by atoms with Gasteiger partial charge in [-0.25, -0.2) is 4.39 Å². The normalized spacial score (nSPS) is 12.7. The summed E-state index contributed by atoms with van der Waals surface area (Å²) in [5, 5.41) is 7.83. The van der Waals surface area contributed by atoms with E-state index in [1.165, 1.54) is 6.07 Å². The van der Waals surface area contributed by atoms with E-state index in [1.54, 1.807) is 26.0 Å². The molecule has 0 bridgehead atoms. The van der Waals surface area contributed by atoms with Crippen molar-refractivity contribution in [3.05, 3.63) is 35.5 Å². The van der Waals surface area contributed by atoms with Crippen molar-refractivity contribution in [1.82, 2.24) is 10.2 Å². The fourth-order valence-electron chi connectivity index (χ4n) is 1.40. The van der Waals surface area contributed by atoms with Crippen molar-refractivity contribution in [2.45, 2.75) is 30.0 Å². The maximum Gasteiger partial charge on any atom is 0.281 e. The molecule has 90 valence electrons. The van der Waals surface area contributed by atoms with Crippen LogP contribution in [0, 0.1) is 12.7 Å². The summed E-state index contributed by atoms with van der Waals surface area (Å²) < 4.78 is 18.9. The summed E-state index contributed by atoms with van der Waals surface area (Å²) in [6.45, 7) is 3.49. The lowest BCUT2D eigenvalue weighted by atomic mass is 10.1. The van der Waals surface area contributed by atoms with Gasteiger partial charge < -0.3 is 10.2 Å². The molecule has 0 amide bonds. The lowest BCUT2D eigenvalue weighted by Gasteiger charge is -2.11. The molecule has 2 rings (SSSR count). The minimum atomic E-state index is -0.333. The van der Waals surface area contributed by atoms with Crippen LogP contribution in [0.15, 0.2) is 32.7 Å². The number of rotatable bonds is 3. The molecule has 0 radical (unpaired) electrons. The monoisotopic (exact) mass is 253 g/mol. The first kappa shape index (κ1) is 12.1. The van der Waals surface area contributed by atoms with Crippen LogP contribution in [0.1, 0.15) is 24.4 Å². The predicted octanol–water partition coefficient (Wildman–Crippen LogP) is 2.69. The van der Waals surface area contributed by atoms with Gasteiger partial charge >= 0.3 is 0 Å². The molecular formula is C11H12FN3OS. The van der Waals surface area contributed by atoms with Gasteiger partial charge in [-0.2, -0.15) is 0 Å². The average molecular weight is 253 g/mol. The van der Waals surface area contributed by atoms with Gasteiger partial charge in [-0.05, 0) is 30.3 Å². The Morgan fingerprint density at radius 1 is 1.41 bits per heavy atom. The second-order valence-electron chi connectivity index (χ2n) is 3.64. The van der Waals surface area contributed by atoms with Gasteiger partial charge in [-0.1, -0.05) is 12.1 Å². The number of hydrogen-bond donors (Lipinski definition) is 1. The molecule has 1 aromatic carbocycles. The minimum absolute atomic E-state index is 0.253. The van der Waals surface area contributed by atoms with Crippen LogP contribution < -0.4 is 5.73 Å². The molecule has 6 heteroatoms. The Morgan fingerprint density at radius 3 is 2.76 bits per heavy atom. The Balaban J connectivity index is 2.37. The first-order chi connectivity index (χ1) is 8.08. The number of nitrogens with zero attached hydrogens (tertiary/aromatic N) is 2. The van der Waals surface area contributed by atoms with Crippen molar-refractivity contribution in [2.24, 2.45) is 5.73 Å². The zero-order valence-corrected chi connectivity index (χ0v) is 10.3. The van der Waals surface area contributed by atoms with Crippen molar-refractivity contribution in [3.8, 4) is 0 Å². The van der Waals surface area contributed by atoms with Gasteiger partial charge in [0.25, 0.3) is 5.22 Å². The number of hydrogen-bond acceptors (Lipinski definition) is 5. The van der Waals surface area contributed by atoms with E-state index in [9.17, 15) is 4.39 Å². The Morgan fingerprint density at radius 2 is 2.18 bits per heavy atom. The molecule has 1 unspecified atom stereocenters. The molecule has 4 nitrogen and oxygen atoms in total. The highest BCUT2D eigenvalue weighted by Crippen LogP contribution is 2.33. The number of aryl methyl sites for hydroxylation is 1. The minimum Gasteiger partial charge on any atom is -0.416 e. The zero-order valence-electron chi connectivity index (χ0n) is 9.48. The van der Waals surface area contributed by atoms with E-state index >= 15 is 0 Å². The van der Waals surface area contributed by atoms with Crippen LogP contribution in [0.3, 0.4) is 0 Å². The molecule has 0 spiro atoms. The van der Waals surface area contributed by atoms with Crippen LogP contribution in [0.25, 0.3) is 0 Å². The molecule has 0 aliphatic rings. The second-order valence-corrected chi connectivity index (χ2v) is 4.60. The molecule has 0 aliphatic carbocycles. The lowest BCUT2D eigenvalue weighted by molar-refractivity contribution is 0.428. The zero-order chi connectivity index (χ0) is 12.4. The van der Waals surface area contributed by atoms with E-state index in [-0.39, 0.29) is 11.9 Å². The van der Waals surface area contributed by atoms with Gasteiger partial charge in [-0.3, -0.25) is 0 Å². The van der Waals surface area contributed by atoms with Crippen molar-refractivity contribution < 1.29 is 8.81 Å². The number of aromatic nitrogens is 2. The van der Waals surface area contributed by atoms with E-state index in [2.05, 4.69) is 10.2 Å². The Kier molecular flexibility index (Phi) is 3.44. The number of nitrogens with two attached hydrogens (primary N) is 1. The first-order valence-electron chi connectivity index (χ1n) is 5.10. The third-order valence-corrected chi connectivity index (χ3v) is 3.16. The van der Waals surface area contributed by atoms with Gasteiger partial charge in [0.1, 0.15) is 5.82 Å². The van der Waals surface area contributed by atoms with E-state index in [4.69, 9.17) is 10.2 Å². The average Bonchev–Trinajstić information content (AvgIpc) is 2.67. The van der Waals surface area contributed by atoms with Crippen molar-refractivity contribution in [2.75, 3.05) is 0 Å². The Hall–Kier alpha value is -1.40. The number of benzene rings is 1. The first-order valence-corrected chi connectivity index (χ1v) is 5.91. The maximum absolute atomic E-state index is 13.7. The van der Waals surface area contributed by atoms with Crippen LogP contribution in [0.4, 0.5) is 4.39 Å². The van der Waals surface area contributed by atoms with Crippen molar-refractivity contribution >= 4 is 11.8 Å². The van der Waals surface area contributed by atoms with E-state index < -0.39 is 0 Å². The third kappa shape index (κ3) is 2.65. The van der Waals surface area contributed by atoms with Crippen LogP contribution in [0.5, 0.6) is 0 Å². The molecule has 1 aromatic heterocycles. The smallest absolute Gasteiger partial charge is 0.281 e. The van der Waals surface area contributed by atoms with E-state index in [0.29, 0.717) is 16.0 Å². The summed E-state index contributed by atoms with van der Waals surface area (Å²) in [4.78, 5) is 0.436. The van der Waals surface area contributed by atoms with Gasteiger partial charge in [0.05, 0.1) is 4.90 Å². The molecular weight excluding hydrogens is 241 g/mol. The van der Waals surface area contributed by atoms with E-state index in [0.717, 1.165) is 17.3 Å². The third-order valence-electron chi connectivity index (χ3n) is 2.18. The summed E-state index contributed by atoms with van der Waals surface area (Å²) in [6.07, 6.45) is 0. The number of halogens is 1. The molecule has 0 saturated heterocycles. The molecule has 1 heterocycles. The quantitative estimate of drug-likeness (QED) is 0.911. The van der Waals surface area contributed by atoms with Crippen LogP contribution in [0.2, 0.25) is 0 Å². The molecule has 1 atom stereocenters. The molecule has 2 N–H and O–H groups in total. The standard InChI is InChI=1S/C11H12FN3OS/c1-6(13)8-4-3-5-9(12)10(8)17-11-15-14-7(2)16-11/h3-6H,13H2,1-2H3. The highest BCUT2D eigenvalue weighted by Gasteiger charge is 2.15. The highest BCUT2D eigenvalue weighted by molar-refractivity contribution is 7.99. The molecule has 0 saturated carbocycles. The fourth-order valence-corrected chi connectivity index (χ4v) is 2.35. The summed E-state index contributed by atoms with van der Waals surface area (Å²) in [5.41, 5.74) is 6.52. The molecule has 17 heavy (non-hydrogen) atoms. The molecule has 0 aliphatic heterocycles. The molecule has 0 fully saturated rings. The van der Waals surface area contributed by atoms with Crippen LogP contribution in [-0.2, 0) is 0 Å². The topological polar surface area (TPSA) is 64.9 Å². The summed E-state index contributed by atoms with van der Waals surface area (Å²) in [5.74, 6) is 0.117. The predicted molar refractivity (Wildman–Crippen MR) is 62.2 cm³/mol. The van der Waals surface area contributed by atoms with Gasteiger partial charge in [0.2, 0.25) is 5.89 Å². The largest absolute Gasteiger partial charge is 0.416 e. The molecule has 2 aromatic rings. The summed E-state index contributed by atoms with van der Waals surface area (Å²) in [6, 6.07) is 4.56. The van der Waals surface area contributed by atoms with Gasteiger partial charge in [0.15, 0.2) is 0 Å². The SMILES string of the molecule is Cc1nnc(Sc2c(F)cccc2C(C)N)o1. The highest BCUT2D eigenvalue weighted by atomic mass is 32.2. The van der Waals surface area contributed by atoms with Gasteiger partial charge in [0, 0.05) is 13.0 Å². The maximum atomic E-state index is 13.7. The van der Waals surface area contributed by atoms with Crippen molar-refractivity contribution in [3.63, 3.8) is 0 Å². The Bertz CT molecular complexity index is 527. The van der Waals surface area contributed by atoms with Crippen molar-refractivity contribution in [1.29, 1.82) is 0 Å². The van der Waals surface area contributed by atoms with Crippen LogP contribution >= 0.6 is 11.8 Å². The second kappa shape index (κ2) is 4.85. The van der Waals surface area contributed by atoms with Gasteiger partial charge in [-0.15, -0.1) is 10.2 Å². The van der Waals surface area contributed by atoms with E-state index in [1.807, 2.05) is 0 Å². The van der Waals surface area contributed by atoms with Crippen LogP contribution in [-0.4, -0.2) is 10.2 Å². The fraction of sp³-hybridized carbons (Fsp3) is 0.273.